The van der Waals surface area contributed by atoms with E-state index in [2.05, 4.69) is 10.4 Å². The molecule has 0 saturated heterocycles. The number of hydrogen-bond donors (Lipinski definition) is 2. The number of amides is 1. The van der Waals surface area contributed by atoms with Gasteiger partial charge in [0, 0.05) is 0 Å². The lowest BCUT2D eigenvalue weighted by Crippen LogP contribution is -2.40. The zero-order valence-electron chi connectivity index (χ0n) is 12.9. The Balaban J connectivity index is 2.32. The number of halogens is 1. The number of aliphatic carboxylic acids is 1. The Labute approximate surface area is 132 Å². The van der Waals surface area contributed by atoms with Crippen LogP contribution in [0.15, 0.2) is 30.5 Å². The largest absolute Gasteiger partial charge is 0.480 e. The molecule has 0 fully saturated rings. The second kappa shape index (κ2) is 7.04. The molecule has 0 aliphatic heterocycles. The maximum absolute atomic E-state index is 13.0. The van der Waals surface area contributed by atoms with Crippen LogP contribution in [-0.4, -0.2) is 32.8 Å². The highest BCUT2D eigenvalue weighted by molar-refractivity contribution is 5.97. The van der Waals surface area contributed by atoms with Gasteiger partial charge in [-0.25, -0.2) is 13.9 Å². The molecule has 7 heteroatoms. The van der Waals surface area contributed by atoms with Gasteiger partial charge in [0.2, 0.25) is 0 Å². The predicted molar refractivity (Wildman–Crippen MR) is 82.1 cm³/mol. The molecule has 1 atom stereocenters. The van der Waals surface area contributed by atoms with Crippen molar-refractivity contribution in [2.45, 2.75) is 32.7 Å². The lowest BCUT2D eigenvalue weighted by molar-refractivity contribution is -0.139. The third-order valence-electron chi connectivity index (χ3n) is 3.53. The second-order valence-electron chi connectivity index (χ2n) is 5.02. The van der Waals surface area contributed by atoms with Crippen molar-refractivity contribution in [2.24, 2.45) is 0 Å². The van der Waals surface area contributed by atoms with E-state index in [1.807, 2.05) is 6.92 Å². The van der Waals surface area contributed by atoms with E-state index in [-0.39, 0.29) is 12.2 Å². The summed E-state index contributed by atoms with van der Waals surface area (Å²) in [5, 5.41) is 15.7. The van der Waals surface area contributed by atoms with Crippen molar-refractivity contribution in [3.05, 3.63) is 47.5 Å². The summed E-state index contributed by atoms with van der Waals surface area (Å²) < 4.78 is 14.6. The molecule has 1 aromatic heterocycles. The molecular weight excluding hydrogens is 301 g/mol. The van der Waals surface area contributed by atoms with E-state index >= 15 is 0 Å². The van der Waals surface area contributed by atoms with Gasteiger partial charge in [0.15, 0.2) is 0 Å². The molecule has 0 saturated carbocycles. The first kappa shape index (κ1) is 16.7. The molecule has 1 aromatic carbocycles. The molecule has 0 aliphatic rings. The van der Waals surface area contributed by atoms with E-state index in [1.54, 1.807) is 23.7 Å². The first-order valence-corrected chi connectivity index (χ1v) is 7.34. The number of carboxylic acids is 1. The summed E-state index contributed by atoms with van der Waals surface area (Å²) in [6.07, 6.45) is 2.20. The molecule has 0 spiro atoms. The highest BCUT2D eigenvalue weighted by Gasteiger charge is 2.22. The normalized spacial score (nSPS) is 12.0. The van der Waals surface area contributed by atoms with Crippen molar-refractivity contribution in [3.8, 4) is 5.69 Å². The van der Waals surface area contributed by atoms with Gasteiger partial charge in [-0.05, 0) is 37.1 Å². The topological polar surface area (TPSA) is 84.2 Å². The third kappa shape index (κ3) is 3.56. The zero-order chi connectivity index (χ0) is 17.0. The number of nitrogens with zero attached hydrogens (tertiary/aromatic N) is 2. The Hall–Kier alpha value is -2.70. The highest BCUT2D eigenvalue weighted by Crippen LogP contribution is 2.16. The lowest BCUT2D eigenvalue weighted by atomic mass is 10.1. The minimum Gasteiger partial charge on any atom is -0.480 e. The Morgan fingerprint density at radius 2 is 1.96 bits per heavy atom. The monoisotopic (exact) mass is 319 g/mol. The molecule has 0 aliphatic carbocycles. The number of rotatable bonds is 6. The van der Waals surface area contributed by atoms with Crippen LogP contribution in [0.3, 0.4) is 0 Å². The molecule has 6 nitrogen and oxygen atoms in total. The summed E-state index contributed by atoms with van der Waals surface area (Å²) in [6.45, 7) is 3.55. The molecule has 0 bridgehead atoms. The number of carboxylic acid groups (broad SMARTS) is 1. The van der Waals surface area contributed by atoms with Crippen LogP contribution in [0, 0.1) is 5.82 Å². The zero-order valence-corrected chi connectivity index (χ0v) is 12.9. The van der Waals surface area contributed by atoms with Gasteiger partial charge in [0.25, 0.3) is 5.91 Å². The first-order chi connectivity index (χ1) is 11.0. The number of carbonyl (C=O) groups excluding carboxylic acids is 1. The average molecular weight is 319 g/mol. The van der Waals surface area contributed by atoms with Gasteiger partial charge in [-0.2, -0.15) is 5.10 Å². The Morgan fingerprint density at radius 1 is 1.30 bits per heavy atom. The maximum atomic E-state index is 13.0. The second-order valence-corrected chi connectivity index (χ2v) is 5.02. The van der Waals surface area contributed by atoms with Crippen LogP contribution < -0.4 is 5.32 Å². The van der Waals surface area contributed by atoms with Crippen molar-refractivity contribution in [2.75, 3.05) is 0 Å². The van der Waals surface area contributed by atoms with Crippen molar-refractivity contribution in [3.63, 3.8) is 0 Å². The van der Waals surface area contributed by atoms with Gasteiger partial charge in [0.05, 0.1) is 23.1 Å². The minimum atomic E-state index is -1.08. The molecule has 1 amide bonds. The summed E-state index contributed by atoms with van der Waals surface area (Å²) in [6, 6.07) is 4.81. The number of hydrogen-bond acceptors (Lipinski definition) is 3. The molecular formula is C16H18FN3O3. The third-order valence-corrected chi connectivity index (χ3v) is 3.53. The van der Waals surface area contributed by atoms with E-state index < -0.39 is 17.9 Å². The molecule has 1 heterocycles. The van der Waals surface area contributed by atoms with Crippen LogP contribution >= 0.6 is 0 Å². The Bertz CT molecular complexity index is 710. The standard InChI is InChI=1S/C16H18FN3O3/c1-3-13(16(22)23)19-15(21)12-9-18-20(14(12)4-2)11-7-5-10(17)6-8-11/h5-9,13H,3-4H2,1-2H3,(H,19,21)(H,22,23). The van der Waals surface area contributed by atoms with E-state index in [4.69, 9.17) is 5.11 Å². The van der Waals surface area contributed by atoms with Gasteiger partial charge in [-0.1, -0.05) is 13.8 Å². The predicted octanol–water partition coefficient (Wildman–Crippen LogP) is 2.17. The molecule has 2 rings (SSSR count). The summed E-state index contributed by atoms with van der Waals surface area (Å²) in [5.74, 6) is -1.92. The van der Waals surface area contributed by atoms with E-state index in [0.29, 0.717) is 23.4 Å². The maximum Gasteiger partial charge on any atom is 0.326 e. The average Bonchev–Trinajstić information content (AvgIpc) is 2.96. The van der Waals surface area contributed by atoms with Crippen molar-refractivity contribution in [1.29, 1.82) is 0 Å². The molecule has 23 heavy (non-hydrogen) atoms. The summed E-state index contributed by atoms with van der Waals surface area (Å²) in [7, 11) is 0. The van der Waals surface area contributed by atoms with Crippen molar-refractivity contribution in [1.82, 2.24) is 15.1 Å². The quantitative estimate of drug-likeness (QED) is 0.854. The fraction of sp³-hybridized carbons (Fsp3) is 0.312. The summed E-state index contributed by atoms with van der Waals surface area (Å²) in [5.41, 5.74) is 1.58. The van der Waals surface area contributed by atoms with Crippen molar-refractivity contribution < 1.29 is 19.1 Å². The highest BCUT2D eigenvalue weighted by atomic mass is 19.1. The van der Waals surface area contributed by atoms with Crippen LogP contribution in [0.25, 0.3) is 5.69 Å². The molecule has 2 aromatic rings. The smallest absolute Gasteiger partial charge is 0.326 e. The SMILES string of the molecule is CCc1c(C(=O)NC(CC)C(=O)O)cnn1-c1ccc(F)cc1. The van der Waals surface area contributed by atoms with Crippen LogP contribution in [0.2, 0.25) is 0 Å². The van der Waals surface area contributed by atoms with Gasteiger partial charge >= 0.3 is 5.97 Å². The van der Waals surface area contributed by atoms with Crippen molar-refractivity contribution >= 4 is 11.9 Å². The van der Waals surface area contributed by atoms with Crippen LogP contribution in [0.5, 0.6) is 0 Å². The molecule has 122 valence electrons. The molecule has 2 N–H and O–H groups in total. The fourth-order valence-corrected chi connectivity index (χ4v) is 2.28. The number of aromatic nitrogens is 2. The first-order valence-electron chi connectivity index (χ1n) is 7.34. The Morgan fingerprint density at radius 3 is 2.48 bits per heavy atom. The van der Waals surface area contributed by atoms with Crippen LogP contribution in [-0.2, 0) is 11.2 Å². The number of carbonyl (C=O) groups is 2. The summed E-state index contributed by atoms with van der Waals surface area (Å²) >= 11 is 0. The van der Waals surface area contributed by atoms with E-state index in [9.17, 15) is 14.0 Å². The van der Waals surface area contributed by atoms with Gasteiger partial charge in [-0.3, -0.25) is 4.79 Å². The number of benzene rings is 1. The van der Waals surface area contributed by atoms with E-state index in [1.165, 1.54) is 18.3 Å². The lowest BCUT2D eigenvalue weighted by Gasteiger charge is -2.12. The van der Waals surface area contributed by atoms with Gasteiger partial charge in [0.1, 0.15) is 11.9 Å². The molecule has 1 unspecified atom stereocenters. The minimum absolute atomic E-state index is 0.286. The molecule has 0 radical (unpaired) electrons. The van der Waals surface area contributed by atoms with Crippen LogP contribution in [0.1, 0.15) is 36.3 Å². The Kier molecular flexibility index (Phi) is 5.10. The summed E-state index contributed by atoms with van der Waals surface area (Å²) in [4.78, 5) is 23.3. The number of nitrogens with one attached hydrogen (secondary N) is 1. The van der Waals surface area contributed by atoms with Gasteiger partial charge in [-0.15, -0.1) is 0 Å². The fourth-order valence-electron chi connectivity index (χ4n) is 2.28. The van der Waals surface area contributed by atoms with Gasteiger partial charge < -0.3 is 10.4 Å². The van der Waals surface area contributed by atoms with E-state index in [0.717, 1.165) is 0 Å². The van der Waals surface area contributed by atoms with Crippen LogP contribution in [0.4, 0.5) is 4.39 Å².